The summed E-state index contributed by atoms with van der Waals surface area (Å²) in [6.07, 6.45) is -0.00108. The van der Waals surface area contributed by atoms with Gasteiger partial charge in [-0.05, 0) is 17.7 Å². The van der Waals surface area contributed by atoms with Crippen LogP contribution in [0.5, 0.6) is 0 Å². The lowest BCUT2D eigenvalue weighted by atomic mass is 9.88. The molecule has 0 fully saturated rings. The molecule has 116 valence electrons. The largest absolute Gasteiger partial charge is 0.733 e. The molecule has 2 aromatic carbocycles. The minimum atomic E-state index is -0.226. The Kier molecular flexibility index (Phi) is 4.01. The maximum atomic E-state index is 12.4. The highest BCUT2D eigenvalue weighted by Gasteiger charge is 2.28. The van der Waals surface area contributed by atoms with Crippen LogP contribution in [0.25, 0.3) is 0 Å². The van der Waals surface area contributed by atoms with E-state index in [1.165, 1.54) is 12.1 Å². The molecule has 6 heteroatoms. The fraction of sp³-hybridized carbons (Fsp3) is 0.118. The van der Waals surface area contributed by atoms with Gasteiger partial charge in [0.25, 0.3) is 0 Å². The number of fused-ring (bicyclic) bond motifs is 1. The Hall–Kier alpha value is -2.83. The predicted octanol–water partition coefficient (Wildman–Crippen LogP) is 2.79. The average molecular weight is 309 g/mol. The number of anilines is 1. The van der Waals surface area contributed by atoms with Crippen molar-refractivity contribution in [3.8, 4) is 0 Å². The van der Waals surface area contributed by atoms with E-state index >= 15 is 0 Å². The first kappa shape index (κ1) is 15.1. The van der Waals surface area contributed by atoms with E-state index < -0.39 is 0 Å². The summed E-state index contributed by atoms with van der Waals surface area (Å²) >= 11 is 0. The van der Waals surface area contributed by atoms with Crippen molar-refractivity contribution in [2.75, 3.05) is 5.23 Å². The van der Waals surface area contributed by atoms with Crippen molar-refractivity contribution >= 4 is 23.0 Å². The molecule has 6 nitrogen and oxygen atoms in total. The van der Waals surface area contributed by atoms with Crippen LogP contribution in [0, 0.1) is 5.21 Å². The lowest BCUT2D eigenvalue weighted by Crippen LogP contribution is -2.27. The van der Waals surface area contributed by atoms with Gasteiger partial charge in [0.15, 0.2) is 5.78 Å². The summed E-state index contributed by atoms with van der Waals surface area (Å²) in [5.41, 5.74) is 1.95. The Morgan fingerprint density at radius 2 is 1.70 bits per heavy atom. The molecule has 0 saturated carbocycles. The minimum absolute atomic E-state index is 0.00108. The van der Waals surface area contributed by atoms with Crippen molar-refractivity contribution in [1.82, 2.24) is 0 Å². The second-order valence-electron chi connectivity index (χ2n) is 5.18. The van der Waals surface area contributed by atoms with E-state index in [0.717, 1.165) is 5.56 Å². The summed E-state index contributed by atoms with van der Waals surface area (Å²) in [7, 11) is 0. The molecular formula is C17H13N2O4-. The van der Waals surface area contributed by atoms with E-state index in [-0.39, 0.29) is 41.2 Å². The van der Waals surface area contributed by atoms with Crippen LogP contribution in [0.1, 0.15) is 32.7 Å². The van der Waals surface area contributed by atoms with Crippen molar-refractivity contribution in [3.63, 3.8) is 0 Å². The smallest absolute Gasteiger partial charge is 0.207 e. The Balaban J connectivity index is 1.81. The summed E-state index contributed by atoms with van der Waals surface area (Å²) in [6.45, 7) is 0.223. The van der Waals surface area contributed by atoms with Gasteiger partial charge in [-0.2, -0.15) is 0 Å². The zero-order valence-corrected chi connectivity index (χ0v) is 12.1. The van der Waals surface area contributed by atoms with Crippen LogP contribution in [0.2, 0.25) is 0 Å². The summed E-state index contributed by atoms with van der Waals surface area (Å²) in [5, 5.41) is 19.3. The third kappa shape index (κ3) is 3.03. The highest BCUT2D eigenvalue weighted by Crippen LogP contribution is 2.20. The molecule has 0 bridgehead atoms. The van der Waals surface area contributed by atoms with Gasteiger partial charge in [-0.1, -0.05) is 36.4 Å². The number of rotatable bonds is 3. The molecule has 1 aliphatic rings. The van der Waals surface area contributed by atoms with Crippen LogP contribution >= 0.6 is 0 Å². The zero-order valence-electron chi connectivity index (χ0n) is 12.1. The summed E-state index contributed by atoms with van der Waals surface area (Å²) in [4.78, 5) is 28.7. The molecule has 0 spiro atoms. The Bertz CT molecular complexity index is 794. The first-order chi connectivity index (χ1) is 11.1. The van der Waals surface area contributed by atoms with E-state index in [4.69, 9.17) is 5.21 Å². The lowest BCUT2D eigenvalue weighted by molar-refractivity contribution is 0.0964. The second kappa shape index (κ2) is 6.12. The van der Waals surface area contributed by atoms with Crippen LogP contribution < -0.4 is 5.23 Å². The molecule has 1 aliphatic carbocycles. The Labute approximate surface area is 132 Å². The summed E-state index contributed by atoms with van der Waals surface area (Å²) in [5.74, 6) is -0.338. The Morgan fingerprint density at radius 1 is 1.04 bits per heavy atom. The molecule has 0 aliphatic heterocycles. The van der Waals surface area contributed by atoms with Gasteiger partial charge in [-0.15, -0.1) is 0 Å². The quantitative estimate of drug-likeness (QED) is 0.880. The summed E-state index contributed by atoms with van der Waals surface area (Å²) in [6, 6.07) is 12.9. The number of carbonyl (C=O) groups is 2. The van der Waals surface area contributed by atoms with E-state index in [0.29, 0.717) is 11.1 Å². The summed E-state index contributed by atoms with van der Waals surface area (Å²) < 4.78 is 0. The molecule has 0 saturated heterocycles. The lowest BCUT2D eigenvalue weighted by Gasteiger charge is -2.21. The van der Waals surface area contributed by atoms with Gasteiger partial charge < -0.3 is 10.4 Å². The molecule has 0 aromatic heterocycles. The first-order valence-electron chi connectivity index (χ1n) is 7.01. The third-order valence-corrected chi connectivity index (χ3v) is 3.67. The van der Waals surface area contributed by atoms with E-state index in [2.05, 4.69) is 4.99 Å². The fourth-order valence-corrected chi connectivity index (χ4v) is 2.45. The van der Waals surface area contributed by atoms with Crippen molar-refractivity contribution in [1.29, 1.82) is 0 Å². The van der Waals surface area contributed by atoms with E-state index in [1.54, 1.807) is 36.4 Å². The van der Waals surface area contributed by atoms with E-state index in [9.17, 15) is 14.8 Å². The van der Waals surface area contributed by atoms with Crippen LogP contribution in [-0.2, 0) is 6.54 Å². The van der Waals surface area contributed by atoms with Gasteiger partial charge in [-0.3, -0.25) is 19.8 Å². The van der Waals surface area contributed by atoms with Gasteiger partial charge in [0.2, 0.25) is 5.78 Å². The number of Topliss-reactive ketones (excluding diaryl/α,β-unsaturated/α-hetero) is 2. The van der Waals surface area contributed by atoms with Crippen molar-refractivity contribution in [2.24, 2.45) is 4.99 Å². The van der Waals surface area contributed by atoms with Gasteiger partial charge in [-0.25, -0.2) is 0 Å². The van der Waals surface area contributed by atoms with Gasteiger partial charge in [0, 0.05) is 11.1 Å². The van der Waals surface area contributed by atoms with Gasteiger partial charge in [0.05, 0.1) is 24.4 Å². The minimum Gasteiger partial charge on any atom is -0.733 e. The fourth-order valence-electron chi connectivity index (χ4n) is 2.45. The van der Waals surface area contributed by atoms with Crippen LogP contribution in [0.3, 0.4) is 0 Å². The normalized spacial score (nSPS) is 15.7. The number of carbonyl (C=O) groups excluding carboxylic acids is 2. The molecule has 0 radical (unpaired) electrons. The molecule has 0 atom stereocenters. The maximum absolute atomic E-state index is 12.4. The third-order valence-electron chi connectivity index (χ3n) is 3.67. The number of aliphatic imine (C=N–C) groups is 1. The maximum Gasteiger partial charge on any atom is 0.207 e. The van der Waals surface area contributed by atoms with Crippen molar-refractivity contribution in [3.05, 3.63) is 70.4 Å². The molecule has 0 unspecified atom stereocenters. The number of hydrogen-bond donors (Lipinski definition) is 1. The predicted molar refractivity (Wildman–Crippen MR) is 84.9 cm³/mol. The number of nitrogens with zero attached hydrogens (tertiary/aromatic N) is 2. The zero-order chi connectivity index (χ0) is 16.4. The first-order valence-corrected chi connectivity index (χ1v) is 7.01. The number of hydrogen-bond acceptors (Lipinski definition) is 6. The number of benzene rings is 2. The van der Waals surface area contributed by atoms with Crippen molar-refractivity contribution in [2.45, 2.75) is 13.0 Å². The molecule has 2 aromatic rings. The van der Waals surface area contributed by atoms with Gasteiger partial charge >= 0.3 is 0 Å². The highest BCUT2D eigenvalue weighted by atomic mass is 16.8. The molecular weight excluding hydrogens is 296 g/mol. The van der Waals surface area contributed by atoms with Crippen LogP contribution in [-0.4, -0.2) is 22.5 Å². The monoisotopic (exact) mass is 309 g/mol. The highest BCUT2D eigenvalue weighted by molar-refractivity contribution is 6.52. The molecule has 1 N–H and O–H groups in total. The van der Waals surface area contributed by atoms with Crippen molar-refractivity contribution < 1.29 is 14.8 Å². The van der Waals surface area contributed by atoms with Gasteiger partial charge in [0.1, 0.15) is 0 Å². The molecule has 3 rings (SSSR count). The molecule has 0 amide bonds. The van der Waals surface area contributed by atoms with Crippen LogP contribution in [0.4, 0.5) is 5.69 Å². The standard InChI is InChI=1S/C17H13N2O4/c20-16-9-15(17(21)14-4-2-1-3-13(14)16)18-10-11-5-7-12(8-6-11)19(22)23/h1-8,22H,9-10H2/q-1. The second-order valence-corrected chi connectivity index (χ2v) is 5.18. The SMILES string of the molecule is O=C1CC(=NCc2ccc(N([O-])O)cc2)C(=O)c2ccccc21. The Morgan fingerprint density at radius 3 is 2.35 bits per heavy atom. The average Bonchev–Trinajstić information content (AvgIpc) is 2.57. The van der Waals surface area contributed by atoms with E-state index in [1.807, 2.05) is 0 Å². The molecule has 23 heavy (non-hydrogen) atoms. The number of ketones is 2. The molecule has 0 heterocycles. The van der Waals surface area contributed by atoms with Crippen LogP contribution in [0.15, 0.2) is 53.5 Å². The topological polar surface area (TPSA) is 93.0 Å².